The number of nitrogens with one attached hydrogen (secondary N) is 1. The summed E-state index contributed by atoms with van der Waals surface area (Å²) in [6, 6.07) is 25.1. The van der Waals surface area contributed by atoms with Gasteiger partial charge in [-0.05, 0) is 43.7 Å². The Morgan fingerprint density at radius 2 is 1.55 bits per heavy atom. The highest BCUT2D eigenvalue weighted by Gasteiger charge is 2.48. The summed E-state index contributed by atoms with van der Waals surface area (Å²) in [6.07, 6.45) is 2.99. The molecule has 0 amide bonds. The van der Waals surface area contributed by atoms with E-state index in [1.54, 1.807) is 37.3 Å². The maximum absolute atomic E-state index is 13.0. The molecule has 0 fully saturated rings. The van der Waals surface area contributed by atoms with Crippen LogP contribution in [-0.2, 0) is 19.6 Å². The predicted octanol–water partition coefficient (Wildman–Crippen LogP) is 4.33. The summed E-state index contributed by atoms with van der Waals surface area (Å²) < 4.78 is 33.4. The van der Waals surface area contributed by atoms with Crippen molar-refractivity contribution in [1.82, 2.24) is 4.72 Å². The van der Waals surface area contributed by atoms with E-state index in [1.165, 1.54) is 6.20 Å². The molecular formula is C26H24N2O4S. The maximum atomic E-state index is 13.0. The number of aryl methyl sites for hydroxylation is 1. The van der Waals surface area contributed by atoms with Crippen LogP contribution in [0.5, 0.6) is 0 Å². The highest BCUT2D eigenvalue weighted by atomic mass is 32.2. The number of hydrogen-bond acceptors (Lipinski definition) is 5. The van der Waals surface area contributed by atoms with Crippen molar-refractivity contribution in [1.29, 1.82) is 0 Å². The van der Waals surface area contributed by atoms with Crippen molar-refractivity contribution in [3.05, 3.63) is 114 Å². The topological polar surface area (TPSA) is 84.8 Å². The van der Waals surface area contributed by atoms with Gasteiger partial charge in [0.25, 0.3) is 10.0 Å². The molecule has 1 aliphatic rings. The van der Waals surface area contributed by atoms with Gasteiger partial charge in [-0.3, -0.25) is 4.72 Å². The van der Waals surface area contributed by atoms with E-state index in [1.807, 2.05) is 67.6 Å². The van der Waals surface area contributed by atoms with E-state index in [0.717, 1.165) is 11.1 Å². The van der Waals surface area contributed by atoms with Gasteiger partial charge in [-0.2, -0.15) is 0 Å². The van der Waals surface area contributed by atoms with Gasteiger partial charge in [-0.1, -0.05) is 72.3 Å². The summed E-state index contributed by atoms with van der Waals surface area (Å²) >= 11 is 0. The van der Waals surface area contributed by atoms with Crippen LogP contribution in [0.3, 0.4) is 0 Å². The van der Waals surface area contributed by atoms with Crippen molar-refractivity contribution in [2.45, 2.75) is 30.2 Å². The second-order valence-corrected chi connectivity index (χ2v) is 9.72. The molecule has 0 aliphatic carbocycles. The number of ether oxygens (including phenoxy) is 1. The van der Waals surface area contributed by atoms with Crippen LogP contribution in [0.1, 0.15) is 29.5 Å². The molecule has 0 spiro atoms. The van der Waals surface area contributed by atoms with Gasteiger partial charge in [-0.25, -0.2) is 18.2 Å². The molecule has 3 aromatic carbocycles. The lowest BCUT2D eigenvalue weighted by molar-refractivity contribution is -0.138. The number of hydrogen-bond donors (Lipinski definition) is 1. The van der Waals surface area contributed by atoms with Gasteiger partial charge in [-0.15, -0.1) is 0 Å². The normalized spacial score (nSPS) is 19.2. The molecule has 7 heteroatoms. The average Bonchev–Trinajstić information content (AvgIpc) is 3.13. The monoisotopic (exact) mass is 460 g/mol. The van der Waals surface area contributed by atoms with Crippen molar-refractivity contribution >= 4 is 21.9 Å². The Morgan fingerprint density at radius 3 is 2.18 bits per heavy atom. The van der Waals surface area contributed by atoms with Crippen LogP contribution in [0.25, 0.3) is 0 Å². The fourth-order valence-electron chi connectivity index (χ4n) is 3.67. The molecule has 4 rings (SSSR count). The first-order valence-corrected chi connectivity index (χ1v) is 12.0. The predicted molar refractivity (Wildman–Crippen MR) is 127 cm³/mol. The summed E-state index contributed by atoms with van der Waals surface area (Å²) in [5.41, 5.74) is 1.21. The van der Waals surface area contributed by atoms with Gasteiger partial charge in [0, 0.05) is 17.7 Å². The molecule has 168 valence electrons. The molecule has 0 saturated carbocycles. The third-order valence-corrected chi connectivity index (χ3v) is 6.90. The first kappa shape index (κ1) is 22.5. The summed E-state index contributed by atoms with van der Waals surface area (Å²) in [4.78, 5) is 17.8. The number of carbonyl (C=O) groups excluding carboxylic acids is 1. The number of cyclic esters (lactones) is 1. The first-order chi connectivity index (χ1) is 15.8. The Kier molecular flexibility index (Phi) is 6.16. The molecule has 0 aromatic heterocycles. The Labute approximate surface area is 193 Å². The number of benzene rings is 3. The van der Waals surface area contributed by atoms with Gasteiger partial charge in [0.1, 0.15) is 0 Å². The van der Waals surface area contributed by atoms with Crippen LogP contribution in [0.2, 0.25) is 0 Å². The number of rotatable bonds is 7. The molecule has 2 atom stereocenters. The molecule has 1 aliphatic heterocycles. The van der Waals surface area contributed by atoms with Crippen molar-refractivity contribution < 1.29 is 17.9 Å². The first-order valence-electron chi connectivity index (χ1n) is 10.5. The third kappa shape index (κ3) is 4.73. The van der Waals surface area contributed by atoms with Crippen LogP contribution in [0.15, 0.2) is 107 Å². The SMILES string of the molecule is Cc1ccc(S(=O)(=O)N/C=C\C(c2ccccc2)C2(C)N=C(c3ccccc3)OC2=O)cc1. The number of nitrogens with zero attached hydrogens (tertiary/aromatic N) is 1. The van der Waals surface area contributed by atoms with E-state index in [0.29, 0.717) is 5.56 Å². The van der Waals surface area contributed by atoms with Crippen LogP contribution in [0.4, 0.5) is 0 Å². The third-order valence-electron chi connectivity index (χ3n) is 5.56. The number of esters is 1. The standard InChI is InChI=1S/C26H24N2O4S/c1-19-13-15-22(16-14-19)33(30,31)27-18-17-23(20-9-5-3-6-10-20)26(2)25(29)32-24(28-26)21-11-7-4-8-12-21/h3-18,23,27H,1-2H3/b18-17-. The molecule has 6 nitrogen and oxygen atoms in total. The molecule has 0 bridgehead atoms. The zero-order valence-corrected chi connectivity index (χ0v) is 19.1. The van der Waals surface area contributed by atoms with Crippen molar-refractivity contribution in [2.75, 3.05) is 0 Å². The number of aliphatic imine (C=N–C) groups is 1. The van der Waals surface area contributed by atoms with E-state index in [9.17, 15) is 13.2 Å². The van der Waals surface area contributed by atoms with Crippen LogP contribution in [-0.4, -0.2) is 25.8 Å². The zero-order valence-electron chi connectivity index (χ0n) is 18.3. The second-order valence-electron chi connectivity index (χ2n) is 8.00. The van der Waals surface area contributed by atoms with Gasteiger partial charge in [0.15, 0.2) is 5.54 Å². The van der Waals surface area contributed by atoms with Crippen molar-refractivity contribution in [2.24, 2.45) is 4.99 Å². The fraction of sp³-hybridized carbons (Fsp3) is 0.154. The molecule has 1 N–H and O–H groups in total. The molecule has 1 heterocycles. The minimum absolute atomic E-state index is 0.157. The minimum atomic E-state index is -3.75. The van der Waals surface area contributed by atoms with Crippen LogP contribution < -0.4 is 4.72 Å². The lowest BCUT2D eigenvalue weighted by Gasteiger charge is -2.26. The quantitative estimate of drug-likeness (QED) is 0.532. The Balaban J connectivity index is 1.67. The van der Waals surface area contributed by atoms with E-state index >= 15 is 0 Å². The van der Waals surface area contributed by atoms with Crippen LogP contribution >= 0.6 is 0 Å². The maximum Gasteiger partial charge on any atom is 0.341 e. The lowest BCUT2D eigenvalue weighted by Crippen LogP contribution is -2.36. The van der Waals surface area contributed by atoms with E-state index in [2.05, 4.69) is 9.71 Å². The Bertz CT molecular complexity index is 1300. The van der Waals surface area contributed by atoms with Gasteiger partial charge >= 0.3 is 5.97 Å². The zero-order chi connectivity index (χ0) is 23.5. The highest BCUT2D eigenvalue weighted by molar-refractivity contribution is 7.89. The fourth-order valence-corrected chi connectivity index (χ4v) is 4.55. The van der Waals surface area contributed by atoms with Gasteiger partial charge < -0.3 is 4.74 Å². The molecule has 0 radical (unpaired) electrons. The number of sulfonamides is 1. The number of carbonyl (C=O) groups is 1. The van der Waals surface area contributed by atoms with Gasteiger partial charge in [0.05, 0.1) is 4.90 Å². The summed E-state index contributed by atoms with van der Waals surface area (Å²) in [5, 5.41) is 0. The molecule has 33 heavy (non-hydrogen) atoms. The highest BCUT2D eigenvalue weighted by Crippen LogP contribution is 2.38. The van der Waals surface area contributed by atoms with Crippen molar-refractivity contribution in [3.8, 4) is 0 Å². The van der Waals surface area contributed by atoms with E-state index in [-0.39, 0.29) is 10.8 Å². The second kappa shape index (κ2) is 9.03. The Hall–Kier alpha value is -3.71. The van der Waals surface area contributed by atoms with Crippen LogP contribution in [0, 0.1) is 6.92 Å². The Morgan fingerprint density at radius 1 is 0.939 bits per heavy atom. The molecular weight excluding hydrogens is 436 g/mol. The molecule has 0 saturated heterocycles. The minimum Gasteiger partial charge on any atom is -0.405 e. The molecule has 2 unspecified atom stereocenters. The van der Waals surface area contributed by atoms with E-state index < -0.39 is 27.4 Å². The van der Waals surface area contributed by atoms with E-state index in [4.69, 9.17) is 4.74 Å². The largest absolute Gasteiger partial charge is 0.405 e. The van der Waals surface area contributed by atoms with Gasteiger partial charge in [0.2, 0.25) is 5.90 Å². The van der Waals surface area contributed by atoms with Crippen molar-refractivity contribution in [3.63, 3.8) is 0 Å². The lowest BCUT2D eigenvalue weighted by atomic mass is 9.81. The summed E-state index contributed by atoms with van der Waals surface area (Å²) in [6.45, 7) is 3.58. The average molecular weight is 461 g/mol. The summed E-state index contributed by atoms with van der Waals surface area (Å²) in [7, 11) is -3.75. The molecule has 3 aromatic rings. The smallest absolute Gasteiger partial charge is 0.341 e. The summed E-state index contributed by atoms with van der Waals surface area (Å²) in [5.74, 6) is -0.813.